The summed E-state index contributed by atoms with van der Waals surface area (Å²) >= 11 is 0.113. The van der Waals surface area contributed by atoms with E-state index in [9.17, 15) is 4.79 Å². The van der Waals surface area contributed by atoms with Crippen molar-refractivity contribution in [1.29, 1.82) is 0 Å². The number of ether oxygens (including phenoxy) is 1. The Balaban J connectivity index is 1.96. The first kappa shape index (κ1) is 12.2. The van der Waals surface area contributed by atoms with E-state index in [-0.39, 0.29) is 20.5 Å². The Bertz CT molecular complexity index is 684. The summed E-state index contributed by atoms with van der Waals surface area (Å²) in [6, 6.07) is 11.9. The molecule has 0 bridgehead atoms. The Kier molecular flexibility index (Phi) is 3.23. The predicted octanol–water partition coefficient (Wildman–Crippen LogP) is 2.46. The minimum absolute atomic E-state index is 0.113. The molecular weight excluding hydrogens is 307 g/mol. The maximum absolute atomic E-state index is 11.6. The molecule has 0 aliphatic rings. The van der Waals surface area contributed by atoms with Gasteiger partial charge in [-0.15, -0.1) is 0 Å². The van der Waals surface area contributed by atoms with Crippen LogP contribution in [0.2, 0.25) is 0 Å². The molecule has 0 aliphatic carbocycles. The van der Waals surface area contributed by atoms with Crippen molar-refractivity contribution in [3.63, 3.8) is 0 Å². The maximum atomic E-state index is 11.6. The molecule has 96 valence electrons. The van der Waals surface area contributed by atoms with Crippen LogP contribution in [-0.4, -0.2) is 37.0 Å². The Hall–Kier alpha value is -1.84. The topological polar surface area (TPSA) is 55.0 Å². The zero-order valence-electron chi connectivity index (χ0n) is 10.3. The first-order valence-electron chi connectivity index (χ1n) is 6.00. The zero-order chi connectivity index (χ0) is 13.2. The molecule has 0 atom stereocenters. The molecule has 0 saturated heterocycles. The Morgan fingerprint density at radius 1 is 1.37 bits per heavy atom. The summed E-state index contributed by atoms with van der Waals surface area (Å²) in [6.07, 6.45) is 0. The normalized spacial score (nSPS) is 10.8. The predicted molar refractivity (Wildman–Crippen MR) is 74.4 cm³/mol. The third-order valence-electron chi connectivity index (χ3n) is 2.70. The van der Waals surface area contributed by atoms with Crippen molar-refractivity contribution < 1.29 is 9.53 Å². The quantitative estimate of drug-likeness (QED) is 0.596. The number of nitrogens with one attached hydrogen (secondary N) is 1. The van der Waals surface area contributed by atoms with Gasteiger partial charge in [-0.2, -0.15) is 0 Å². The molecule has 0 aliphatic heterocycles. The molecule has 4 nitrogen and oxygen atoms in total. The second-order valence-electron chi connectivity index (χ2n) is 4.00. The number of benzene rings is 1. The van der Waals surface area contributed by atoms with Crippen molar-refractivity contribution in [2.24, 2.45) is 0 Å². The fourth-order valence-corrected chi connectivity index (χ4v) is 3.85. The van der Waals surface area contributed by atoms with Crippen LogP contribution < -0.4 is 0 Å². The minimum atomic E-state index is -0.316. The molecule has 3 rings (SSSR count). The van der Waals surface area contributed by atoms with E-state index in [0.717, 1.165) is 20.0 Å². The summed E-state index contributed by atoms with van der Waals surface area (Å²) in [6.45, 7) is 2.18. The number of nitrogens with zero attached hydrogens (tertiary/aromatic N) is 1. The molecule has 2 aromatic heterocycles. The van der Waals surface area contributed by atoms with Crippen LogP contribution in [0, 0.1) is 0 Å². The van der Waals surface area contributed by atoms with Crippen molar-refractivity contribution in [2.75, 3.05) is 6.61 Å². The van der Waals surface area contributed by atoms with E-state index in [1.165, 1.54) is 0 Å². The van der Waals surface area contributed by atoms with Crippen molar-refractivity contribution >= 4 is 30.4 Å². The fraction of sp³-hybridized carbons (Fsp3) is 0.143. The summed E-state index contributed by atoms with van der Waals surface area (Å²) in [4.78, 5) is 19.3. The molecule has 5 heteroatoms. The van der Waals surface area contributed by atoms with Gasteiger partial charge in [-0.1, -0.05) is 0 Å². The molecule has 0 radical (unpaired) electrons. The molecule has 3 aromatic rings. The van der Waals surface area contributed by atoms with Gasteiger partial charge in [0.1, 0.15) is 0 Å². The van der Waals surface area contributed by atoms with Crippen molar-refractivity contribution in [3.05, 3.63) is 42.1 Å². The number of hydrogen-bond donors (Lipinski definition) is 1. The average molecular weight is 319 g/mol. The standard InChI is InChI=1S/C14H12N2O2Se/c1-2-18-14(17)11-8-10-13(16-11)19-12(15-10)9-6-4-3-5-7-9/h3-8,16H,2H2,1H3. The van der Waals surface area contributed by atoms with Crippen molar-refractivity contribution in [3.8, 4) is 10.1 Å². The van der Waals surface area contributed by atoms with Gasteiger partial charge in [0.25, 0.3) is 0 Å². The second kappa shape index (κ2) is 5.03. The number of carbonyl (C=O) groups is 1. The summed E-state index contributed by atoms with van der Waals surface area (Å²) in [5.41, 5.74) is 2.50. The van der Waals surface area contributed by atoms with Crippen LogP contribution in [0.25, 0.3) is 20.0 Å². The molecule has 0 amide bonds. The molecule has 1 N–H and O–H groups in total. The van der Waals surface area contributed by atoms with Gasteiger partial charge in [0, 0.05) is 0 Å². The van der Waals surface area contributed by atoms with Crippen LogP contribution in [0.15, 0.2) is 36.4 Å². The Labute approximate surface area is 116 Å². The van der Waals surface area contributed by atoms with Gasteiger partial charge in [-0.05, 0) is 0 Å². The van der Waals surface area contributed by atoms with Gasteiger partial charge in [-0.3, -0.25) is 0 Å². The average Bonchev–Trinajstić information content (AvgIpc) is 2.98. The summed E-state index contributed by atoms with van der Waals surface area (Å²) in [5, 5.41) is 0. The number of carbonyl (C=O) groups excluding carboxylic acids is 1. The Morgan fingerprint density at radius 3 is 2.84 bits per heavy atom. The number of aromatic nitrogens is 2. The van der Waals surface area contributed by atoms with Gasteiger partial charge in [-0.25, -0.2) is 0 Å². The molecule has 1 aromatic carbocycles. The van der Waals surface area contributed by atoms with E-state index in [2.05, 4.69) is 22.1 Å². The number of fused-ring (bicyclic) bond motifs is 1. The number of aromatic amines is 1. The SMILES string of the molecule is CCOC(=O)c1cc2nc(-c3ccccc3)[se]c2[nH]1. The van der Waals surface area contributed by atoms with E-state index < -0.39 is 0 Å². The van der Waals surface area contributed by atoms with Gasteiger partial charge in [0.05, 0.1) is 0 Å². The first-order valence-corrected chi connectivity index (χ1v) is 7.71. The van der Waals surface area contributed by atoms with Crippen LogP contribution in [0.3, 0.4) is 0 Å². The third-order valence-corrected chi connectivity index (χ3v) is 4.87. The molecular formula is C14H12N2O2Se. The summed E-state index contributed by atoms with van der Waals surface area (Å²) < 4.78 is 7.09. The molecule has 19 heavy (non-hydrogen) atoms. The number of esters is 1. The van der Waals surface area contributed by atoms with E-state index in [4.69, 9.17) is 4.74 Å². The zero-order valence-corrected chi connectivity index (χ0v) is 12.1. The van der Waals surface area contributed by atoms with Crippen LogP contribution in [-0.2, 0) is 4.74 Å². The van der Waals surface area contributed by atoms with E-state index in [1.807, 2.05) is 18.2 Å². The summed E-state index contributed by atoms with van der Waals surface area (Å²) in [7, 11) is 0. The molecule has 0 unspecified atom stereocenters. The van der Waals surface area contributed by atoms with Crippen LogP contribution >= 0.6 is 0 Å². The fourth-order valence-electron chi connectivity index (χ4n) is 1.84. The monoisotopic (exact) mass is 320 g/mol. The first-order chi connectivity index (χ1) is 9.28. The molecule has 0 saturated carbocycles. The van der Waals surface area contributed by atoms with Crippen LogP contribution in [0.5, 0.6) is 0 Å². The van der Waals surface area contributed by atoms with Gasteiger partial charge < -0.3 is 0 Å². The van der Waals surface area contributed by atoms with Gasteiger partial charge in [0.15, 0.2) is 0 Å². The van der Waals surface area contributed by atoms with E-state index in [1.54, 1.807) is 13.0 Å². The van der Waals surface area contributed by atoms with Gasteiger partial charge >= 0.3 is 116 Å². The molecule has 0 fully saturated rings. The van der Waals surface area contributed by atoms with E-state index >= 15 is 0 Å². The Morgan fingerprint density at radius 2 is 2.16 bits per heavy atom. The van der Waals surface area contributed by atoms with Crippen molar-refractivity contribution in [1.82, 2.24) is 9.97 Å². The molecule has 2 heterocycles. The number of rotatable bonds is 3. The summed E-state index contributed by atoms with van der Waals surface area (Å²) in [5.74, 6) is -0.316. The number of H-pyrrole nitrogens is 1. The molecule has 0 spiro atoms. The van der Waals surface area contributed by atoms with Gasteiger partial charge in [0.2, 0.25) is 0 Å². The number of hydrogen-bond acceptors (Lipinski definition) is 3. The van der Waals surface area contributed by atoms with Crippen molar-refractivity contribution in [2.45, 2.75) is 6.92 Å². The second-order valence-corrected chi connectivity index (χ2v) is 6.10. The van der Waals surface area contributed by atoms with Crippen LogP contribution in [0.1, 0.15) is 17.4 Å². The van der Waals surface area contributed by atoms with E-state index in [0.29, 0.717) is 12.3 Å². The van der Waals surface area contributed by atoms with Crippen LogP contribution in [0.4, 0.5) is 0 Å². The third kappa shape index (κ3) is 2.35.